The van der Waals surface area contributed by atoms with Crippen LogP contribution in [0, 0.1) is 24.2 Å². The van der Waals surface area contributed by atoms with Gasteiger partial charge in [0.25, 0.3) is 0 Å². The molecule has 1 aliphatic heterocycles. The Morgan fingerprint density at radius 3 is 2.33 bits per heavy atom. The van der Waals surface area contributed by atoms with Crippen LogP contribution in [0.4, 0.5) is 0 Å². The molecule has 1 fully saturated rings. The van der Waals surface area contributed by atoms with Crippen molar-refractivity contribution in [1.82, 2.24) is 10.2 Å². The molecule has 1 aliphatic rings. The van der Waals surface area contributed by atoms with Gasteiger partial charge in [-0.2, -0.15) is 0 Å². The summed E-state index contributed by atoms with van der Waals surface area (Å²) in [7, 11) is 0. The molecule has 1 heterocycles. The van der Waals surface area contributed by atoms with Crippen LogP contribution in [-0.2, 0) is 9.59 Å². The van der Waals surface area contributed by atoms with E-state index in [1.807, 2.05) is 27.7 Å². The summed E-state index contributed by atoms with van der Waals surface area (Å²) in [6.45, 7) is 8.19. The highest BCUT2D eigenvalue weighted by Gasteiger charge is 2.42. The lowest BCUT2D eigenvalue weighted by atomic mass is 9.93. The van der Waals surface area contributed by atoms with Gasteiger partial charge in [0.15, 0.2) is 0 Å². The Hall–Kier alpha value is -1.50. The first-order valence-electron chi connectivity index (χ1n) is 6.44. The Bertz CT molecular complexity index is 368. The molecule has 0 saturated carbocycles. The zero-order valence-electron chi connectivity index (χ0n) is 11.6. The molecular formula is C14H22N2O2. The molecule has 18 heavy (non-hydrogen) atoms. The fourth-order valence-electron chi connectivity index (χ4n) is 2.31. The maximum absolute atomic E-state index is 12.4. The van der Waals surface area contributed by atoms with E-state index in [2.05, 4.69) is 11.2 Å². The minimum atomic E-state index is -0.426. The number of amides is 2. The third-order valence-corrected chi connectivity index (χ3v) is 3.25. The predicted molar refractivity (Wildman–Crippen MR) is 70.6 cm³/mol. The van der Waals surface area contributed by atoms with Crippen molar-refractivity contribution in [2.24, 2.45) is 11.8 Å². The second kappa shape index (κ2) is 5.90. The zero-order valence-corrected chi connectivity index (χ0v) is 11.6. The van der Waals surface area contributed by atoms with Gasteiger partial charge >= 0.3 is 0 Å². The minimum absolute atomic E-state index is 0.0152. The maximum atomic E-state index is 12.4. The highest BCUT2D eigenvalue weighted by atomic mass is 16.2. The summed E-state index contributed by atoms with van der Waals surface area (Å²) in [6, 6.07) is -0.828. The number of terminal acetylenes is 1. The average molecular weight is 250 g/mol. The summed E-state index contributed by atoms with van der Waals surface area (Å²) in [5.41, 5.74) is 0. The van der Waals surface area contributed by atoms with Crippen molar-refractivity contribution in [2.45, 2.75) is 46.2 Å². The number of hydrogen-bond acceptors (Lipinski definition) is 2. The molecule has 4 nitrogen and oxygen atoms in total. The van der Waals surface area contributed by atoms with Gasteiger partial charge in [-0.3, -0.25) is 9.59 Å². The van der Waals surface area contributed by atoms with Crippen LogP contribution in [0.3, 0.4) is 0 Å². The van der Waals surface area contributed by atoms with Crippen molar-refractivity contribution in [1.29, 1.82) is 0 Å². The fraction of sp³-hybridized carbons (Fsp3) is 0.714. The van der Waals surface area contributed by atoms with Crippen molar-refractivity contribution < 1.29 is 9.59 Å². The van der Waals surface area contributed by atoms with Gasteiger partial charge in [0, 0.05) is 13.0 Å². The predicted octanol–water partition coefficient (Wildman–Crippen LogP) is 1.02. The lowest BCUT2D eigenvalue weighted by Crippen LogP contribution is -2.66. The number of carbonyl (C=O) groups excluding carboxylic acids is 2. The summed E-state index contributed by atoms with van der Waals surface area (Å²) in [5, 5.41) is 2.82. The van der Waals surface area contributed by atoms with E-state index in [1.165, 1.54) is 0 Å². The number of nitrogens with zero attached hydrogens (tertiary/aromatic N) is 1. The molecular weight excluding hydrogens is 228 g/mol. The molecule has 4 heteroatoms. The van der Waals surface area contributed by atoms with Crippen molar-refractivity contribution in [3.63, 3.8) is 0 Å². The molecule has 0 aromatic heterocycles. The first kappa shape index (κ1) is 14.6. The lowest BCUT2D eigenvalue weighted by molar-refractivity contribution is -0.152. The summed E-state index contributed by atoms with van der Waals surface area (Å²) < 4.78 is 0. The molecule has 0 aliphatic carbocycles. The van der Waals surface area contributed by atoms with Gasteiger partial charge in [0.05, 0.1) is 0 Å². The number of carbonyl (C=O) groups is 2. The Morgan fingerprint density at radius 2 is 1.89 bits per heavy atom. The molecule has 0 spiro atoms. The lowest BCUT2D eigenvalue weighted by Gasteiger charge is -2.41. The Morgan fingerprint density at radius 1 is 1.28 bits per heavy atom. The molecule has 0 aromatic carbocycles. The van der Waals surface area contributed by atoms with Crippen LogP contribution in [0.25, 0.3) is 0 Å². The summed E-state index contributed by atoms with van der Waals surface area (Å²) >= 11 is 0. The van der Waals surface area contributed by atoms with Gasteiger partial charge in [-0.05, 0) is 11.8 Å². The van der Waals surface area contributed by atoms with Crippen LogP contribution in [0.1, 0.15) is 34.1 Å². The zero-order chi connectivity index (χ0) is 13.9. The summed E-state index contributed by atoms with van der Waals surface area (Å²) in [5.74, 6) is 2.61. The molecule has 2 unspecified atom stereocenters. The van der Waals surface area contributed by atoms with E-state index in [0.29, 0.717) is 13.0 Å². The number of nitrogens with one attached hydrogen (secondary N) is 1. The Balaban J connectivity index is 2.97. The van der Waals surface area contributed by atoms with Gasteiger partial charge in [-0.1, -0.05) is 27.7 Å². The molecule has 2 amide bonds. The Labute approximate surface area is 109 Å². The first-order valence-corrected chi connectivity index (χ1v) is 6.44. The Kier molecular flexibility index (Phi) is 4.77. The van der Waals surface area contributed by atoms with E-state index in [0.717, 1.165) is 0 Å². The SMILES string of the molecule is C#CCCN1C(=O)C(C(C)C)NC(=O)C1C(C)C. The third-order valence-electron chi connectivity index (χ3n) is 3.25. The minimum Gasteiger partial charge on any atom is -0.342 e. The van der Waals surface area contributed by atoms with Crippen molar-refractivity contribution in [2.75, 3.05) is 6.54 Å². The van der Waals surface area contributed by atoms with Crippen LogP contribution >= 0.6 is 0 Å². The molecule has 2 atom stereocenters. The van der Waals surface area contributed by atoms with E-state index in [4.69, 9.17) is 6.42 Å². The van der Waals surface area contributed by atoms with Gasteiger partial charge in [-0.15, -0.1) is 12.3 Å². The molecule has 0 bridgehead atoms. The van der Waals surface area contributed by atoms with E-state index in [-0.39, 0.29) is 23.7 Å². The van der Waals surface area contributed by atoms with Crippen molar-refractivity contribution in [3.05, 3.63) is 0 Å². The quantitative estimate of drug-likeness (QED) is 0.757. The molecule has 1 N–H and O–H groups in total. The van der Waals surface area contributed by atoms with E-state index < -0.39 is 12.1 Å². The first-order chi connectivity index (χ1) is 8.40. The van der Waals surface area contributed by atoms with Crippen molar-refractivity contribution in [3.8, 4) is 12.3 Å². The molecule has 0 aromatic rings. The molecule has 1 rings (SSSR count). The highest BCUT2D eigenvalue weighted by Crippen LogP contribution is 2.20. The largest absolute Gasteiger partial charge is 0.342 e. The van der Waals surface area contributed by atoms with Gasteiger partial charge in [-0.25, -0.2) is 0 Å². The topological polar surface area (TPSA) is 49.4 Å². The highest BCUT2D eigenvalue weighted by molar-refractivity contribution is 5.97. The smallest absolute Gasteiger partial charge is 0.246 e. The number of hydrogen-bond donors (Lipinski definition) is 1. The van der Waals surface area contributed by atoms with Crippen LogP contribution in [-0.4, -0.2) is 35.3 Å². The van der Waals surface area contributed by atoms with Gasteiger partial charge in [0.1, 0.15) is 12.1 Å². The molecule has 100 valence electrons. The summed E-state index contributed by atoms with van der Waals surface area (Å²) in [6.07, 6.45) is 5.73. The molecule has 1 saturated heterocycles. The second-order valence-corrected chi connectivity index (χ2v) is 5.40. The van der Waals surface area contributed by atoms with Gasteiger partial charge < -0.3 is 10.2 Å². The van der Waals surface area contributed by atoms with Crippen LogP contribution < -0.4 is 5.32 Å². The maximum Gasteiger partial charge on any atom is 0.246 e. The van der Waals surface area contributed by atoms with E-state index >= 15 is 0 Å². The van der Waals surface area contributed by atoms with Crippen molar-refractivity contribution >= 4 is 11.8 Å². The standard InChI is InChI=1S/C14H22N2O2/c1-6-7-8-16-12(10(4)5)13(17)15-11(9(2)3)14(16)18/h1,9-12H,7-8H2,2-5H3,(H,15,17). The third kappa shape index (κ3) is 2.84. The van der Waals surface area contributed by atoms with Crippen LogP contribution in [0.2, 0.25) is 0 Å². The average Bonchev–Trinajstić information content (AvgIpc) is 2.28. The van der Waals surface area contributed by atoms with Gasteiger partial charge in [0.2, 0.25) is 11.8 Å². The van der Waals surface area contributed by atoms with E-state index in [9.17, 15) is 9.59 Å². The molecule has 0 radical (unpaired) electrons. The second-order valence-electron chi connectivity index (χ2n) is 5.40. The van der Waals surface area contributed by atoms with E-state index in [1.54, 1.807) is 4.90 Å². The monoisotopic (exact) mass is 250 g/mol. The summed E-state index contributed by atoms with van der Waals surface area (Å²) in [4.78, 5) is 26.1. The normalized spacial score (nSPS) is 24.4. The fourth-order valence-corrected chi connectivity index (χ4v) is 2.31. The van der Waals surface area contributed by atoms with Crippen LogP contribution in [0.15, 0.2) is 0 Å². The number of rotatable bonds is 4. The van der Waals surface area contributed by atoms with Crippen LogP contribution in [0.5, 0.6) is 0 Å². The number of piperazine rings is 1.